The fraction of sp³-hybridized carbons (Fsp3) is 0.263. The SMILES string of the molecule is CN(C)CCN(C(=O)Cc1ccccc1)c1nc2ccc(F)cc2s1. The van der Waals surface area contributed by atoms with Gasteiger partial charge in [-0.05, 0) is 37.9 Å². The Balaban J connectivity index is 1.88. The molecule has 0 spiro atoms. The number of rotatable bonds is 6. The van der Waals surface area contributed by atoms with E-state index in [9.17, 15) is 9.18 Å². The number of amides is 1. The Kier molecular flexibility index (Phi) is 5.40. The minimum Gasteiger partial charge on any atom is -0.308 e. The van der Waals surface area contributed by atoms with Crippen LogP contribution in [0.4, 0.5) is 9.52 Å². The number of benzene rings is 2. The smallest absolute Gasteiger partial charge is 0.233 e. The fourth-order valence-electron chi connectivity index (χ4n) is 2.49. The second-order valence-electron chi connectivity index (χ2n) is 6.12. The van der Waals surface area contributed by atoms with Gasteiger partial charge in [0.1, 0.15) is 5.82 Å². The van der Waals surface area contributed by atoms with E-state index in [1.165, 1.54) is 23.5 Å². The molecule has 3 aromatic rings. The van der Waals surface area contributed by atoms with E-state index in [2.05, 4.69) is 4.98 Å². The second-order valence-corrected chi connectivity index (χ2v) is 7.13. The van der Waals surface area contributed by atoms with Crippen molar-refractivity contribution in [3.63, 3.8) is 0 Å². The van der Waals surface area contributed by atoms with E-state index in [0.29, 0.717) is 23.6 Å². The molecule has 0 unspecified atom stereocenters. The number of carbonyl (C=O) groups excluding carboxylic acids is 1. The molecule has 0 aliphatic heterocycles. The third-order valence-corrected chi connectivity index (χ3v) is 4.88. The first-order valence-electron chi connectivity index (χ1n) is 8.08. The van der Waals surface area contributed by atoms with Crippen molar-refractivity contribution >= 4 is 32.6 Å². The first-order chi connectivity index (χ1) is 12.0. The maximum absolute atomic E-state index is 13.4. The van der Waals surface area contributed by atoms with Crippen molar-refractivity contribution in [2.45, 2.75) is 6.42 Å². The number of anilines is 1. The van der Waals surface area contributed by atoms with Crippen molar-refractivity contribution in [1.29, 1.82) is 0 Å². The lowest BCUT2D eigenvalue weighted by atomic mass is 10.1. The van der Waals surface area contributed by atoms with Gasteiger partial charge in [-0.3, -0.25) is 9.69 Å². The van der Waals surface area contributed by atoms with E-state index in [1.54, 1.807) is 11.0 Å². The summed E-state index contributed by atoms with van der Waals surface area (Å²) in [5, 5.41) is 0.614. The van der Waals surface area contributed by atoms with Crippen LogP contribution in [0.3, 0.4) is 0 Å². The summed E-state index contributed by atoms with van der Waals surface area (Å²) in [5.74, 6) is -0.300. The molecule has 25 heavy (non-hydrogen) atoms. The highest BCUT2D eigenvalue weighted by Gasteiger charge is 2.20. The molecule has 1 heterocycles. The van der Waals surface area contributed by atoms with Gasteiger partial charge >= 0.3 is 0 Å². The van der Waals surface area contributed by atoms with Crippen molar-refractivity contribution in [1.82, 2.24) is 9.88 Å². The third-order valence-electron chi connectivity index (χ3n) is 3.84. The lowest BCUT2D eigenvalue weighted by Crippen LogP contribution is -2.37. The summed E-state index contributed by atoms with van der Waals surface area (Å²) in [6.07, 6.45) is 0.318. The van der Waals surface area contributed by atoms with E-state index in [-0.39, 0.29) is 11.7 Å². The first-order valence-corrected chi connectivity index (χ1v) is 8.89. The van der Waals surface area contributed by atoms with Crippen molar-refractivity contribution in [2.75, 3.05) is 32.1 Å². The summed E-state index contributed by atoms with van der Waals surface area (Å²) in [4.78, 5) is 21.1. The maximum atomic E-state index is 13.4. The normalized spacial score (nSPS) is 11.2. The molecule has 6 heteroatoms. The van der Waals surface area contributed by atoms with E-state index in [4.69, 9.17) is 0 Å². The quantitative estimate of drug-likeness (QED) is 0.677. The molecule has 0 saturated carbocycles. The van der Waals surface area contributed by atoms with Crippen LogP contribution in [-0.4, -0.2) is 43.0 Å². The van der Waals surface area contributed by atoms with Crippen molar-refractivity contribution < 1.29 is 9.18 Å². The van der Waals surface area contributed by atoms with Crippen LogP contribution in [0.15, 0.2) is 48.5 Å². The average Bonchev–Trinajstić information content (AvgIpc) is 2.98. The van der Waals surface area contributed by atoms with E-state index in [1.807, 2.05) is 49.3 Å². The monoisotopic (exact) mass is 357 g/mol. The summed E-state index contributed by atoms with van der Waals surface area (Å²) >= 11 is 1.35. The molecule has 0 aliphatic rings. The number of hydrogen-bond donors (Lipinski definition) is 0. The zero-order valence-electron chi connectivity index (χ0n) is 14.3. The zero-order valence-corrected chi connectivity index (χ0v) is 15.1. The van der Waals surface area contributed by atoms with Gasteiger partial charge in [-0.2, -0.15) is 0 Å². The van der Waals surface area contributed by atoms with E-state index >= 15 is 0 Å². The average molecular weight is 357 g/mol. The van der Waals surface area contributed by atoms with Crippen molar-refractivity contribution in [2.24, 2.45) is 0 Å². The number of carbonyl (C=O) groups is 1. The minimum absolute atomic E-state index is 0.00687. The van der Waals surface area contributed by atoms with Gasteiger partial charge in [-0.25, -0.2) is 9.37 Å². The number of halogens is 1. The summed E-state index contributed by atoms with van der Waals surface area (Å²) < 4.78 is 14.2. The van der Waals surface area contributed by atoms with Crippen LogP contribution >= 0.6 is 11.3 Å². The number of hydrogen-bond acceptors (Lipinski definition) is 4. The molecule has 0 N–H and O–H groups in total. The molecule has 0 aliphatic carbocycles. The highest BCUT2D eigenvalue weighted by Crippen LogP contribution is 2.29. The Hall–Kier alpha value is -2.31. The number of aromatic nitrogens is 1. The Morgan fingerprint density at radius 1 is 1.12 bits per heavy atom. The fourth-order valence-corrected chi connectivity index (χ4v) is 3.53. The van der Waals surface area contributed by atoms with Gasteiger partial charge in [0.25, 0.3) is 0 Å². The molecule has 0 atom stereocenters. The number of nitrogens with zero attached hydrogens (tertiary/aromatic N) is 3. The van der Waals surface area contributed by atoms with Gasteiger partial charge < -0.3 is 4.90 Å². The van der Waals surface area contributed by atoms with Crippen LogP contribution in [0.5, 0.6) is 0 Å². The molecule has 1 aromatic heterocycles. The lowest BCUT2D eigenvalue weighted by molar-refractivity contribution is -0.118. The zero-order chi connectivity index (χ0) is 17.8. The third kappa shape index (κ3) is 4.41. The second kappa shape index (κ2) is 7.72. The topological polar surface area (TPSA) is 36.4 Å². The molecule has 0 saturated heterocycles. The van der Waals surface area contributed by atoms with Crippen LogP contribution in [0, 0.1) is 5.82 Å². The van der Waals surface area contributed by atoms with Crippen LogP contribution < -0.4 is 4.90 Å². The molecule has 2 aromatic carbocycles. The largest absolute Gasteiger partial charge is 0.308 e. The molecular formula is C19H20FN3OS. The molecule has 0 radical (unpaired) electrons. The predicted molar refractivity (Wildman–Crippen MR) is 101 cm³/mol. The molecule has 0 fully saturated rings. The molecule has 130 valence electrons. The van der Waals surface area contributed by atoms with Crippen LogP contribution in [0.2, 0.25) is 0 Å². The first kappa shape index (κ1) is 17.5. The van der Waals surface area contributed by atoms with Crippen molar-refractivity contribution in [3.8, 4) is 0 Å². The van der Waals surface area contributed by atoms with E-state index in [0.717, 1.165) is 16.8 Å². The Labute approximate surface area is 150 Å². The highest BCUT2D eigenvalue weighted by molar-refractivity contribution is 7.22. The number of likely N-dealkylation sites (N-methyl/N-ethyl adjacent to an activating group) is 1. The molecule has 3 rings (SSSR count). The molecule has 1 amide bonds. The Bertz CT molecular complexity index is 863. The Morgan fingerprint density at radius 3 is 2.60 bits per heavy atom. The van der Waals surface area contributed by atoms with Gasteiger partial charge in [0.2, 0.25) is 5.91 Å². The van der Waals surface area contributed by atoms with E-state index < -0.39 is 0 Å². The van der Waals surface area contributed by atoms with Gasteiger partial charge in [0.05, 0.1) is 16.6 Å². The summed E-state index contributed by atoms with van der Waals surface area (Å²) in [6, 6.07) is 14.2. The van der Waals surface area contributed by atoms with Gasteiger partial charge in [-0.1, -0.05) is 41.7 Å². The lowest BCUT2D eigenvalue weighted by Gasteiger charge is -2.22. The van der Waals surface area contributed by atoms with Crippen LogP contribution in [0.1, 0.15) is 5.56 Å². The summed E-state index contributed by atoms with van der Waals surface area (Å²) in [6.45, 7) is 1.27. The maximum Gasteiger partial charge on any atom is 0.233 e. The highest BCUT2D eigenvalue weighted by atomic mass is 32.1. The molecular weight excluding hydrogens is 337 g/mol. The van der Waals surface area contributed by atoms with Gasteiger partial charge in [0.15, 0.2) is 5.13 Å². The van der Waals surface area contributed by atoms with Gasteiger partial charge in [-0.15, -0.1) is 0 Å². The standard InChI is InChI=1S/C19H20FN3OS/c1-22(2)10-11-23(18(24)12-14-6-4-3-5-7-14)19-21-16-9-8-15(20)13-17(16)25-19/h3-9,13H,10-12H2,1-2H3. The van der Waals surface area contributed by atoms with Crippen LogP contribution in [-0.2, 0) is 11.2 Å². The summed E-state index contributed by atoms with van der Waals surface area (Å²) in [7, 11) is 3.93. The summed E-state index contributed by atoms with van der Waals surface area (Å²) in [5.41, 5.74) is 1.68. The van der Waals surface area contributed by atoms with Crippen molar-refractivity contribution in [3.05, 3.63) is 59.9 Å². The Morgan fingerprint density at radius 2 is 1.88 bits per heavy atom. The number of fused-ring (bicyclic) bond motifs is 1. The molecule has 4 nitrogen and oxygen atoms in total. The minimum atomic E-state index is -0.293. The van der Waals surface area contributed by atoms with Gasteiger partial charge in [0, 0.05) is 13.1 Å². The molecule has 0 bridgehead atoms. The van der Waals surface area contributed by atoms with Crippen LogP contribution in [0.25, 0.3) is 10.2 Å². The number of thiazole rings is 1. The predicted octanol–water partition coefficient (Wildman–Crippen LogP) is 3.57.